The summed E-state index contributed by atoms with van der Waals surface area (Å²) in [6.07, 6.45) is 4.82. The van der Waals surface area contributed by atoms with Crippen LogP contribution in [0.1, 0.15) is 25.7 Å². The standard InChI is InChI=1S/C6H11BO2/c8-7(9)5-4-6(5)2-1-3-6/h5,8-9H,1-4H2. The molecule has 1 unspecified atom stereocenters. The molecule has 1 spiro atoms. The van der Waals surface area contributed by atoms with Crippen molar-refractivity contribution in [2.24, 2.45) is 5.41 Å². The summed E-state index contributed by atoms with van der Waals surface area (Å²) in [7, 11) is -1.04. The van der Waals surface area contributed by atoms with E-state index in [9.17, 15) is 0 Å². The Bertz CT molecular complexity index is 131. The Morgan fingerprint density at radius 1 is 1.33 bits per heavy atom. The van der Waals surface area contributed by atoms with Crippen molar-refractivity contribution in [1.29, 1.82) is 0 Å². The van der Waals surface area contributed by atoms with Crippen molar-refractivity contribution in [1.82, 2.24) is 0 Å². The highest BCUT2D eigenvalue weighted by Crippen LogP contribution is 2.69. The Morgan fingerprint density at radius 2 is 2.00 bits per heavy atom. The van der Waals surface area contributed by atoms with E-state index in [1.54, 1.807) is 0 Å². The van der Waals surface area contributed by atoms with Crippen molar-refractivity contribution in [2.45, 2.75) is 31.5 Å². The van der Waals surface area contributed by atoms with Gasteiger partial charge in [-0.25, -0.2) is 0 Å². The molecule has 0 heterocycles. The van der Waals surface area contributed by atoms with Crippen LogP contribution in [-0.4, -0.2) is 17.2 Å². The van der Waals surface area contributed by atoms with Crippen LogP contribution in [0.5, 0.6) is 0 Å². The van der Waals surface area contributed by atoms with Crippen LogP contribution < -0.4 is 0 Å². The average molecular weight is 126 g/mol. The van der Waals surface area contributed by atoms with Crippen LogP contribution in [0.3, 0.4) is 0 Å². The van der Waals surface area contributed by atoms with Gasteiger partial charge in [-0.15, -0.1) is 0 Å². The van der Waals surface area contributed by atoms with Gasteiger partial charge >= 0.3 is 7.12 Å². The maximum atomic E-state index is 8.75. The largest absolute Gasteiger partial charge is 0.455 e. The monoisotopic (exact) mass is 126 g/mol. The zero-order valence-corrected chi connectivity index (χ0v) is 5.38. The molecule has 2 saturated carbocycles. The fourth-order valence-electron chi connectivity index (χ4n) is 2.01. The summed E-state index contributed by atoms with van der Waals surface area (Å²) in [5.41, 5.74) is 0.411. The highest BCUT2D eigenvalue weighted by atomic mass is 16.4. The topological polar surface area (TPSA) is 40.5 Å². The van der Waals surface area contributed by atoms with Crippen molar-refractivity contribution >= 4 is 7.12 Å². The van der Waals surface area contributed by atoms with Gasteiger partial charge < -0.3 is 10.0 Å². The van der Waals surface area contributed by atoms with Crippen molar-refractivity contribution in [3.63, 3.8) is 0 Å². The van der Waals surface area contributed by atoms with Crippen LogP contribution in [0.15, 0.2) is 0 Å². The first-order valence-corrected chi connectivity index (χ1v) is 3.61. The minimum Gasteiger partial charge on any atom is -0.427 e. The molecular weight excluding hydrogens is 115 g/mol. The predicted molar refractivity (Wildman–Crippen MR) is 34.8 cm³/mol. The van der Waals surface area contributed by atoms with Gasteiger partial charge in [-0.3, -0.25) is 0 Å². The second-order valence-corrected chi connectivity index (χ2v) is 3.44. The molecule has 0 aromatic rings. The normalized spacial score (nSPS) is 36.0. The Morgan fingerprint density at radius 3 is 2.11 bits per heavy atom. The van der Waals surface area contributed by atoms with Gasteiger partial charge in [0.2, 0.25) is 0 Å². The van der Waals surface area contributed by atoms with E-state index in [0.29, 0.717) is 5.41 Å². The molecule has 0 aliphatic heterocycles. The third-order valence-corrected chi connectivity index (χ3v) is 2.96. The van der Waals surface area contributed by atoms with Crippen LogP contribution >= 0.6 is 0 Å². The van der Waals surface area contributed by atoms with E-state index < -0.39 is 7.12 Å². The molecule has 0 aromatic heterocycles. The first kappa shape index (κ1) is 5.75. The Hall–Kier alpha value is -0.0151. The molecule has 0 bridgehead atoms. The quantitative estimate of drug-likeness (QED) is 0.499. The van der Waals surface area contributed by atoms with Crippen LogP contribution in [0.2, 0.25) is 5.82 Å². The molecule has 50 valence electrons. The number of hydrogen-bond acceptors (Lipinski definition) is 2. The third kappa shape index (κ3) is 0.649. The summed E-state index contributed by atoms with van der Waals surface area (Å²) in [6.45, 7) is 0. The Balaban J connectivity index is 1.94. The van der Waals surface area contributed by atoms with Crippen molar-refractivity contribution in [2.75, 3.05) is 0 Å². The van der Waals surface area contributed by atoms with E-state index in [0.717, 1.165) is 6.42 Å². The molecule has 1 atom stereocenters. The zero-order chi connectivity index (χ0) is 6.48. The zero-order valence-electron chi connectivity index (χ0n) is 5.38. The lowest BCUT2D eigenvalue weighted by Crippen LogP contribution is -2.21. The van der Waals surface area contributed by atoms with Crippen LogP contribution in [0.4, 0.5) is 0 Å². The second kappa shape index (κ2) is 1.52. The summed E-state index contributed by atoms with van der Waals surface area (Å²) < 4.78 is 0. The Kier molecular flexibility index (Phi) is 0.973. The first-order chi connectivity index (χ1) is 4.25. The summed E-state index contributed by atoms with van der Waals surface area (Å²) in [6, 6.07) is 0. The predicted octanol–water partition coefficient (Wildman–Crippen LogP) is 0.403. The number of rotatable bonds is 1. The molecule has 2 fully saturated rings. The SMILES string of the molecule is OB(O)C1CC12CCC2. The molecule has 2 nitrogen and oxygen atoms in total. The van der Waals surface area contributed by atoms with Crippen LogP contribution in [0, 0.1) is 5.41 Å². The minimum absolute atomic E-state index is 0.228. The highest BCUT2D eigenvalue weighted by Gasteiger charge is 2.61. The van der Waals surface area contributed by atoms with Crippen molar-refractivity contribution < 1.29 is 10.0 Å². The van der Waals surface area contributed by atoms with Gasteiger partial charge in [0.05, 0.1) is 0 Å². The minimum atomic E-state index is -1.04. The Labute approximate surface area is 55.0 Å². The lowest BCUT2D eigenvalue weighted by Gasteiger charge is -2.26. The van der Waals surface area contributed by atoms with Gasteiger partial charge in [0.15, 0.2) is 0 Å². The fourth-order valence-corrected chi connectivity index (χ4v) is 2.01. The van der Waals surface area contributed by atoms with Gasteiger partial charge in [0.1, 0.15) is 0 Å². The third-order valence-electron chi connectivity index (χ3n) is 2.96. The first-order valence-electron chi connectivity index (χ1n) is 3.61. The van der Waals surface area contributed by atoms with E-state index in [1.165, 1.54) is 19.3 Å². The van der Waals surface area contributed by atoms with Crippen molar-refractivity contribution in [3.8, 4) is 0 Å². The van der Waals surface area contributed by atoms with Crippen molar-refractivity contribution in [3.05, 3.63) is 0 Å². The van der Waals surface area contributed by atoms with E-state index in [2.05, 4.69) is 0 Å². The van der Waals surface area contributed by atoms with Crippen LogP contribution in [0.25, 0.3) is 0 Å². The lowest BCUT2D eigenvalue weighted by molar-refractivity contribution is 0.274. The molecule has 3 heteroatoms. The molecule has 0 saturated heterocycles. The molecule has 0 aromatic carbocycles. The maximum Gasteiger partial charge on any atom is 0.455 e. The molecule has 2 rings (SSSR count). The molecule has 0 amide bonds. The number of hydrogen-bond donors (Lipinski definition) is 2. The molecule has 0 radical (unpaired) electrons. The van der Waals surface area contributed by atoms with Gasteiger partial charge in [0, 0.05) is 0 Å². The lowest BCUT2D eigenvalue weighted by atomic mass is 9.70. The van der Waals surface area contributed by atoms with E-state index in [4.69, 9.17) is 10.0 Å². The van der Waals surface area contributed by atoms with E-state index >= 15 is 0 Å². The summed E-state index contributed by atoms with van der Waals surface area (Å²) >= 11 is 0. The van der Waals surface area contributed by atoms with Gasteiger partial charge in [0.25, 0.3) is 0 Å². The smallest absolute Gasteiger partial charge is 0.427 e. The summed E-state index contributed by atoms with van der Waals surface area (Å²) in [4.78, 5) is 0. The molecule has 9 heavy (non-hydrogen) atoms. The maximum absolute atomic E-state index is 8.75. The fraction of sp³-hybridized carbons (Fsp3) is 1.00. The summed E-state index contributed by atoms with van der Waals surface area (Å²) in [5, 5.41) is 17.5. The molecule has 2 aliphatic carbocycles. The van der Waals surface area contributed by atoms with Gasteiger partial charge in [-0.1, -0.05) is 6.42 Å². The van der Waals surface area contributed by atoms with Gasteiger partial charge in [-0.05, 0) is 30.5 Å². The molecule has 2 N–H and O–H groups in total. The van der Waals surface area contributed by atoms with Gasteiger partial charge in [-0.2, -0.15) is 0 Å². The molecule has 2 aliphatic rings. The van der Waals surface area contributed by atoms with E-state index in [-0.39, 0.29) is 5.82 Å². The highest BCUT2D eigenvalue weighted by molar-refractivity contribution is 6.44. The van der Waals surface area contributed by atoms with E-state index in [1.807, 2.05) is 0 Å². The second-order valence-electron chi connectivity index (χ2n) is 3.44. The summed E-state index contributed by atoms with van der Waals surface area (Å²) in [5.74, 6) is 0.228. The molecular formula is C6H11BO2. The van der Waals surface area contributed by atoms with Crippen LogP contribution in [-0.2, 0) is 0 Å². The average Bonchev–Trinajstić information content (AvgIpc) is 2.34.